The molecule has 1 aromatic carbocycles. The summed E-state index contributed by atoms with van der Waals surface area (Å²) >= 11 is 0. The van der Waals surface area contributed by atoms with Crippen LogP contribution >= 0.6 is 0 Å². The van der Waals surface area contributed by atoms with Crippen LogP contribution in [0.4, 0.5) is 0 Å². The molecule has 1 fully saturated rings. The second-order valence-electron chi connectivity index (χ2n) is 5.28. The Morgan fingerprint density at radius 2 is 1.80 bits per heavy atom. The van der Waals surface area contributed by atoms with Crippen LogP contribution in [0.15, 0.2) is 18.2 Å². The van der Waals surface area contributed by atoms with Crippen LogP contribution in [0.5, 0.6) is 0 Å². The third-order valence-electron chi connectivity index (χ3n) is 3.60. The molecule has 1 aliphatic rings. The van der Waals surface area contributed by atoms with Crippen LogP contribution in [-0.4, -0.2) is 6.54 Å². The highest BCUT2D eigenvalue weighted by atomic mass is 14.9. The number of aryl methyl sites for hydroxylation is 2. The van der Waals surface area contributed by atoms with Crippen molar-refractivity contribution >= 4 is 0 Å². The van der Waals surface area contributed by atoms with E-state index in [4.69, 9.17) is 0 Å². The van der Waals surface area contributed by atoms with Gasteiger partial charge in [-0.3, -0.25) is 0 Å². The van der Waals surface area contributed by atoms with E-state index in [1.54, 1.807) is 0 Å². The predicted octanol–water partition coefficient (Wildman–Crippen LogP) is 3.19. The smallest absolute Gasteiger partial charge is 0.0210 e. The fourth-order valence-corrected chi connectivity index (χ4v) is 2.01. The SMILES string of the molecule is Cc1cccc(C)c1CNCC1(C)CC1. The van der Waals surface area contributed by atoms with Crippen molar-refractivity contribution in [3.63, 3.8) is 0 Å². The normalized spacial score (nSPS) is 17.8. The summed E-state index contributed by atoms with van der Waals surface area (Å²) in [5.74, 6) is 0. The summed E-state index contributed by atoms with van der Waals surface area (Å²) in [6.45, 7) is 8.95. The van der Waals surface area contributed by atoms with E-state index in [0.29, 0.717) is 5.41 Å². The number of benzene rings is 1. The summed E-state index contributed by atoms with van der Waals surface area (Å²) < 4.78 is 0. The monoisotopic (exact) mass is 203 g/mol. The Morgan fingerprint density at radius 3 is 2.33 bits per heavy atom. The van der Waals surface area contributed by atoms with E-state index in [0.717, 1.165) is 6.54 Å². The van der Waals surface area contributed by atoms with Gasteiger partial charge >= 0.3 is 0 Å². The van der Waals surface area contributed by atoms with Crippen molar-refractivity contribution in [1.82, 2.24) is 5.32 Å². The van der Waals surface area contributed by atoms with E-state index in [1.807, 2.05) is 0 Å². The zero-order chi connectivity index (χ0) is 10.9. The Labute approximate surface area is 92.9 Å². The molecule has 0 amide bonds. The second kappa shape index (κ2) is 3.97. The Bertz CT molecular complexity index is 330. The third-order valence-corrected chi connectivity index (χ3v) is 3.60. The van der Waals surface area contributed by atoms with Crippen molar-refractivity contribution in [2.75, 3.05) is 6.54 Å². The molecule has 0 saturated heterocycles. The van der Waals surface area contributed by atoms with Crippen molar-refractivity contribution < 1.29 is 0 Å². The Morgan fingerprint density at radius 1 is 1.20 bits per heavy atom. The highest BCUT2D eigenvalue weighted by Gasteiger charge is 2.36. The van der Waals surface area contributed by atoms with E-state index in [1.165, 1.54) is 36.1 Å². The molecule has 1 N–H and O–H groups in total. The minimum absolute atomic E-state index is 0.608. The second-order valence-corrected chi connectivity index (χ2v) is 5.28. The van der Waals surface area contributed by atoms with Crippen LogP contribution in [0.3, 0.4) is 0 Å². The lowest BCUT2D eigenvalue weighted by Gasteiger charge is -2.13. The number of hydrogen-bond donors (Lipinski definition) is 1. The van der Waals surface area contributed by atoms with Gasteiger partial charge in [-0.15, -0.1) is 0 Å². The molecule has 1 nitrogen and oxygen atoms in total. The average Bonchev–Trinajstić information content (AvgIpc) is 2.90. The van der Waals surface area contributed by atoms with Gasteiger partial charge in [-0.05, 0) is 48.8 Å². The van der Waals surface area contributed by atoms with Crippen LogP contribution in [-0.2, 0) is 6.54 Å². The first kappa shape index (κ1) is 10.7. The molecular weight excluding hydrogens is 182 g/mol. The zero-order valence-corrected chi connectivity index (χ0v) is 10.1. The lowest BCUT2D eigenvalue weighted by Crippen LogP contribution is -2.22. The van der Waals surface area contributed by atoms with Crippen LogP contribution in [0.25, 0.3) is 0 Å². The van der Waals surface area contributed by atoms with Crippen molar-refractivity contribution in [3.05, 3.63) is 34.9 Å². The van der Waals surface area contributed by atoms with E-state index < -0.39 is 0 Å². The Kier molecular flexibility index (Phi) is 2.83. The van der Waals surface area contributed by atoms with Gasteiger partial charge < -0.3 is 5.32 Å². The first-order chi connectivity index (χ1) is 7.11. The standard InChI is InChI=1S/C14H21N/c1-11-5-4-6-12(2)13(11)9-15-10-14(3)7-8-14/h4-6,15H,7-10H2,1-3H3. The van der Waals surface area contributed by atoms with Gasteiger partial charge in [0.2, 0.25) is 0 Å². The predicted molar refractivity (Wildman–Crippen MR) is 65.0 cm³/mol. The fourth-order valence-electron chi connectivity index (χ4n) is 2.01. The van der Waals surface area contributed by atoms with Crippen molar-refractivity contribution in [3.8, 4) is 0 Å². The topological polar surface area (TPSA) is 12.0 Å². The summed E-state index contributed by atoms with van der Waals surface area (Å²) in [7, 11) is 0. The Hall–Kier alpha value is -0.820. The molecule has 0 atom stereocenters. The molecule has 1 aromatic rings. The lowest BCUT2D eigenvalue weighted by molar-refractivity contribution is 0.498. The van der Waals surface area contributed by atoms with Crippen LogP contribution in [0.1, 0.15) is 36.5 Å². The van der Waals surface area contributed by atoms with E-state index in [9.17, 15) is 0 Å². The summed E-state index contributed by atoms with van der Waals surface area (Å²) in [5.41, 5.74) is 4.89. The van der Waals surface area contributed by atoms with Crippen LogP contribution in [0.2, 0.25) is 0 Å². The van der Waals surface area contributed by atoms with Crippen molar-refractivity contribution in [1.29, 1.82) is 0 Å². The van der Waals surface area contributed by atoms with Gasteiger partial charge in [0.05, 0.1) is 0 Å². The average molecular weight is 203 g/mol. The first-order valence-electron chi connectivity index (χ1n) is 5.87. The van der Waals surface area contributed by atoms with Crippen LogP contribution in [0, 0.1) is 19.3 Å². The third kappa shape index (κ3) is 2.60. The number of nitrogens with one attached hydrogen (secondary N) is 1. The maximum absolute atomic E-state index is 3.59. The van der Waals surface area contributed by atoms with Crippen molar-refractivity contribution in [2.24, 2.45) is 5.41 Å². The van der Waals surface area contributed by atoms with Crippen LogP contribution < -0.4 is 5.32 Å². The number of hydrogen-bond acceptors (Lipinski definition) is 1. The molecule has 0 aromatic heterocycles. The minimum atomic E-state index is 0.608. The zero-order valence-electron chi connectivity index (χ0n) is 10.1. The largest absolute Gasteiger partial charge is 0.312 e. The minimum Gasteiger partial charge on any atom is -0.312 e. The number of rotatable bonds is 4. The summed E-state index contributed by atoms with van der Waals surface area (Å²) in [4.78, 5) is 0. The van der Waals surface area contributed by atoms with Gasteiger partial charge in [0, 0.05) is 13.1 Å². The van der Waals surface area contributed by atoms with E-state index in [2.05, 4.69) is 44.3 Å². The fraction of sp³-hybridized carbons (Fsp3) is 0.571. The maximum atomic E-state index is 3.59. The quantitative estimate of drug-likeness (QED) is 0.792. The Balaban J connectivity index is 1.92. The van der Waals surface area contributed by atoms with Crippen molar-refractivity contribution in [2.45, 2.75) is 40.2 Å². The molecule has 82 valence electrons. The van der Waals surface area contributed by atoms with Gasteiger partial charge in [0.25, 0.3) is 0 Å². The maximum Gasteiger partial charge on any atom is 0.0210 e. The molecule has 0 unspecified atom stereocenters. The molecule has 0 aliphatic heterocycles. The highest BCUT2D eigenvalue weighted by Crippen LogP contribution is 2.44. The van der Waals surface area contributed by atoms with E-state index in [-0.39, 0.29) is 0 Å². The molecule has 15 heavy (non-hydrogen) atoms. The summed E-state index contributed by atoms with van der Waals surface area (Å²) in [6, 6.07) is 6.53. The lowest BCUT2D eigenvalue weighted by atomic mass is 10.0. The molecule has 0 heterocycles. The van der Waals surface area contributed by atoms with E-state index >= 15 is 0 Å². The molecular formula is C14H21N. The summed E-state index contributed by atoms with van der Waals surface area (Å²) in [5, 5.41) is 3.59. The van der Waals surface area contributed by atoms with Gasteiger partial charge in [-0.25, -0.2) is 0 Å². The molecule has 1 heteroatoms. The van der Waals surface area contributed by atoms with Gasteiger partial charge in [-0.2, -0.15) is 0 Å². The van der Waals surface area contributed by atoms with Gasteiger partial charge in [0.1, 0.15) is 0 Å². The van der Waals surface area contributed by atoms with Gasteiger partial charge in [-0.1, -0.05) is 25.1 Å². The molecule has 2 rings (SSSR count). The molecule has 1 aliphatic carbocycles. The molecule has 0 bridgehead atoms. The molecule has 0 radical (unpaired) electrons. The summed E-state index contributed by atoms with van der Waals surface area (Å²) in [6.07, 6.45) is 2.79. The highest BCUT2D eigenvalue weighted by molar-refractivity contribution is 5.33. The molecule has 0 spiro atoms. The molecule has 1 saturated carbocycles. The first-order valence-corrected chi connectivity index (χ1v) is 5.87. The van der Waals surface area contributed by atoms with Gasteiger partial charge in [0.15, 0.2) is 0 Å².